The van der Waals surface area contributed by atoms with Crippen molar-refractivity contribution in [3.8, 4) is 5.75 Å². The summed E-state index contributed by atoms with van der Waals surface area (Å²) in [6.07, 6.45) is 0. The topological polar surface area (TPSA) is 64.3 Å². The van der Waals surface area contributed by atoms with Crippen molar-refractivity contribution in [2.75, 3.05) is 18.2 Å². The van der Waals surface area contributed by atoms with Crippen LogP contribution in [0.3, 0.4) is 0 Å². The maximum atomic E-state index is 13.1. The number of methoxy groups -OCH3 is 1. The molecule has 104 valence electrons. The summed E-state index contributed by atoms with van der Waals surface area (Å²) in [6.45, 7) is 0. The van der Waals surface area contributed by atoms with E-state index in [1.165, 1.54) is 25.3 Å². The number of anilines is 2. The van der Waals surface area contributed by atoms with Gasteiger partial charge >= 0.3 is 0 Å². The second kappa shape index (κ2) is 5.79. The lowest BCUT2D eigenvalue weighted by Crippen LogP contribution is -2.14. The Morgan fingerprint density at radius 1 is 1.30 bits per heavy atom. The van der Waals surface area contributed by atoms with Crippen LogP contribution in [-0.2, 0) is 0 Å². The Kier molecular flexibility index (Phi) is 4.10. The average Bonchev–Trinajstić information content (AvgIpc) is 2.41. The highest BCUT2D eigenvalue weighted by Gasteiger charge is 2.12. The van der Waals surface area contributed by atoms with Crippen molar-refractivity contribution >= 4 is 28.9 Å². The van der Waals surface area contributed by atoms with Crippen LogP contribution in [0.4, 0.5) is 15.8 Å². The minimum atomic E-state index is -0.530. The van der Waals surface area contributed by atoms with Gasteiger partial charge in [0.15, 0.2) is 0 Å². The van der Waals surface area contributed by atoms with E-state index >= 15 is 0 Å². The molecule has 0 aromatic heterocycles. The summed E-state index contributed by atoms with van der Waals surface area (Å²) in [6, 6.07) is 8.39. The zero-order valence-electron chi connectivity index (χ0n) is 10.6. The fraction of sp³-hybridized carbons (Fsp3) is 0.0714. The smallest absolute Gasteiger partial charge is 0.257 e. The molecule has 0 aliphatic rings. The maximum absolute atomic E-state index is 13.1. The van der Waals surface area contributed by atoms with Gasteiger partial charge in [0, 0.05) is 11.4 Å². The third kappa shape index (κ3) is 3.00. The predicted molar refractivity (Wildman–Crippen MR) is 76.8 cm³/mol. The van der Waals surface area contributed by atoms with E-state index in [0.29, 0.717) is 16.5 Å². The van der Waals surface area contributed by atoms with Crippen molar-refractivity contribution in [3.05, 3.63) is 52.8 Å². The van der Waals surface area contributed by atoms with Gasteiger partial charge < -0.3 is 15.8 Å². The SMILES string of the molecule is COc1ccc(NC(=O)c2cc(F)ccc2N)cc1Cl. The van der Waals surface area contributed by atoms with Crippen molar-refractivity contribution in [3.63, 3.8) is 0 Å². The molecule has 0 bridgehead atoms. The molecule has 2 aromatic rings. The van der Waals surface area contributed by atoms with Crippen LogP contribution in [0.5, 0.6) is 5.75 Å². The second-order valence-corrected chi connectivity index (χ2v) is 4.44. The lowest BCUT2D eigenvalue weighted by molar-refractivity contribution is 0.102. The third-order valence-electron chi connectivity index (χ3n) is 2.67. The molecular weight excluding hydrogens is 283 g/mol. The Balaban J connectivity index is 2.23. The first-order valence-corrected chi connectivity index (χ1v) is 6.09. The molecule has 0 fully saturated rings. The molecule has 0 radical (unpaired) electrons. The number of nitrogen functional groups attached to an aromatic ring is 1. The molecule has 20 heavy (non-hydrogen) atoms. The quantitative estimate of drug-likeness (QED) is 0.854. The van der Waals surface area contributed by atoms with Gasteiger partial charge in [0.2, 0.25) is 0 Å². The number of hydrogen-bond donors (Lipinski definition) is 2. The normalized spacial score (nSPS) is 10.2. The molecule has 2 aromatic carbocycles. The Hall–Kier alpha value is -2.27. The number of rotatable bonds is 3. The maximum Gasteiger partial charge on any atom is 0.257 e. The summed E-state index contributed by atoms with van der Waals surface area (Å²) >= 11 is 5.95. The summed E-state index contributed by atoms with van der Waals surface area (Å²) in [4.78, 5) is 12.0. The van der Waals surface area contributed by atoms with Crippen LogP contribution in [0, 0.1) is 5.82 Å². The van der Waals surface area contributed by atoms with Crippen LogP contribution in [0.15, 0.2) is 36.4 Å². The molecule has 0 heterocycles. The summed E-state index contributed by atoms with van der Waals surface area (Å²) in [5.41, 5.74) is 6.37. The molecule has 6 heteroatoms. The minimum Gasteiger partial charge on any atom is -0.495 e. The molecule has 0 saturated carbocycles. The van der Waals surface area contributed by atoms with Gasteiger partial charge in [-0.3, -0.25) is 4.79 Å². The van der Waals surface area contributed by atoms with Crippen molar-refractivity contribution < 1.29 is 13.9 Å². The van der Waals surface area contributed by atoms with Crippen molar-refractivity contribution in [2.24, 2.45) is 0 Å². The number of ether oxygens (including phenoxy) is 1. The monoisotopic (exact) mass is 294 g/mol. The van der Waals surface area contributed by atoms with E-state index in [1.807, 2.05) is 0 Å². The van der Waals surface area contributed by atoms with E-state index in [1.54, 1.807) is 12.1 Å². The highest BCUT2D eigenvalue weighted by atomic mass is 35.5. The number of nitrogens with one attached hydrogen (secondary N) is 1. The van der Waals surface area contributed by atoms with Gasteiger partial charge in [0.05, 0.1) is 17.7 Å². The van der Waals surface area contributed by atoms with E-state index in [2.05, 4.69) is 5.32 Å². The predicted octanol–water partition coefficient (Wildman–Crippen LogP) is 3.32. The van der Waals surface area contributed by atoms with Gasteiger partial charge in [0.1, 0.15) is 11.6 Å². The minimum absolute atomic E-state index is 0.0666. The fourth-order valence-electron chi connectivity index (χ4n) is 1.67. The van der Waals surface area contributed by atoms with Gasteiger partial charge in [-0.05, 0) is 36.4 Å². The number of carbonyl (C=O) groups is 1. The first-order valence-electron chi connectivity index (χ1n) is 5.71. The van der Waals surface area contributed by atoms with Gasteiger partial charge in [0.25, 0.3) is 5.91 Å². The first kappa shape index (κ1) is 14.1. The number of nitrogens with two attached hydrogens (primary N) is 1. The zero-order chi connectivity index (χ0) is 14.7. The van der Waals surface area contributed by atoms with Gasteiger partial charge in [-0.25, -0.2) is 4.39 Å². The zero-order valence-corrected chi connectivity index (χ0v) is 11.4. The highest BCUT2D eigenvalue weighted by Crippen LogP contribution is 2.27. The van der Waals surface area contributed by atoms with Crippen LogP contribution < -0.4 is 15.8 Å². The fourth-order valence-corrected chi connectivity index (χ4v) is 1.93. The Bertz CT molecular complexity index is 662. The Morgan fingerprint density at radius 2 is 2.05 bits per heavy atom. The molecule has 0 spiro atoms. The molecule has 0 aliphatic heterocycles. The lowest BCUT2D eigenvalue weighted by Gasteiger charge is -2.09. The van der Waals surface area contributed by atoms with Gasteiger partial charge in [-0.15, -0.1) is 0 Å². The Morgan fingerprint density at radius 3 is 2.70 bits per heavy atom. The Labute approximate surface area is 120 Å². The summed E-state index contributed by atoms with van der Waals surface area (Å²) < 4.78 is 18.1. The molecule has 0 aliphatic carbocycles. The number of hydrogen-bond acceptors (Lipinski definition) is 3. The summed E-state index contributed by atoms with van der Waals surface area (Å²) in [7, 11) is 1.49. The van der Waals surface area contributed by atoms with E-state index in [9.17, 15) is 9.18 Å². The van der Waals surface area contributed by atoms with Crippen molar-refractivity contribution in [2.45, 2.75) is 0 Å². The second-order valence-electron chi connectivity index (χ2n) is 4.04. The molecule has 2 rings (SSSR count). The third-order valence-corrected chi connectivity index (χ3v) is 2.96. The van der Waals surface area contributed by atoms with E-state index in [0.717, 1.165) is 6.07 Å². The molecule has 1 amide bonds. The lowest BCUT2D eigenvalue weighted by atomic mass is 10.1. The van der Waals surface area contributed by atoms with E-state index in [-0.39, 0.29) is 11.3 Å². The highest BCUT2D eigenvalue weighted by molar-refractivity contribution is 6.32. The van der Waals surface area contributed by atoms with E-state index < -0.39 is 11.7 Å². The molecular formula is C14H12ClFN2O2. The molecule has 0 unspecified atom stereocenters. The summed E-state index contributed by atoms with van der Waals surface area (Å²) in [5.74, 6) is -0.546. The van der Waals surface area contributed by atoms with Crippen LogP contribution in [0.1, 0.15) is 10.4 Å². The molecule has 3 N–H and O–H groups in total. The van der Waals surface area contributed by atoms with Crippen LogP contribution in [0.25, 0.3) is 0 Å². The van der Waals surface area contributed by atoms with E-state index in [4.69, 9.17) is 22.1 Å². The van der Waals surface area contributed by atoms with Gasteiger partial charge in [-0.1, -0.05) is 11.6 Å². The number of amides is 1. The molecule has 4 nitrogen and oxygen atoms in total. The van der Waals surface area contributed by atoms with Crippen LogP contribution in [0.2, 0.25) is 5.02 Å². The first-order chi connectivity index (χ1) is 9.51. The summed E-state index contributed by atoms with van der Waals surface area (Å²) in [5, 5.41) is 2.95. The largest absolute Gasteiger partial charge is 0.495 e. The van der Waals surface area contributed by atoms with Crippen LogP contribution >= 0.6 is 11.6 Å². The standard InChI is InChI=1S/C14H12ClFN2O2/c1-20-13-5-3-9(7-11(13)15)18-14(19)10-6-8(16)2-4-12(10)17/h2-7H,17H2,1H3,(H,18,19). The molecule has 0 atom stereocenters. The van der Waals surface area contributed by atoms with Gasteiger partial charge in [-0.2, -0.15) is 0 Å². The number of benzene rings is 2. The number of halogens is 2. The average molecular weight is 295 g/mol. The van der Waals surface area contributed by atoms with Crippen molar-refractivity contribution in [1.29, 1.82) is 0 Å². The molecule has 0 saturated heterocycles. The number of carbonyl (C=O) groups excluding carboxylic acids is 1. The van der Waals surface area contributed by atoms with Crippen LogP contribution in [-0.4, -0.2) is 13.0 Å². The van der Waals surface area contributed by atoms with Crippen molar-refractivity contribution in [1.82, 2.24) is 0 Å².